The van der Waals surface area contributed by atoms with Crippen LogP contribution >= 0.6 is 0 Å². The predicted octanol–water partition coefficient (Wildman–Crippen LogP) is 1.28. The molecule has 0 aliphatic rings. The fourth-order valence-electron chi connectivity index (χ4n) is 2.30. The molecule has 0 saturated carbocycles. The van der Waals surface area contributed by atoms with Gasteiger partial charge in [-0.2, -0.15) is 8.42 Å². The van der Waals surface area contributed by atoms with Crippen LogP contribution in [0.2, 0.25) is 0 Å². The van der Waals surface area contributed by atoms with Gasteiger partial charge in [-0.15, -0.1) is 0 Å². The largest absolute Gasteiger partial charge is 0.378 e. The van der Waals surface area contributed by atoms with Crippen LogP contribution in [0.5, 0.6) is 5.75 Å². The highest BCUT2D eigenvalue weighted by Crippen LogP contribution is 2.29. The molecular formula is C16H20N2O5S. The van der Waals surface area contributed by atoms with Gasteiger partial charge >= 0.3 is 15.8 Å². The Bertz CT molecular complexity index is 1000. The van der Waals surface area contributed by atoms with Crippen molar-refractivity contribution in [2.45, 2.75) is 31.6 Å². The minimum atomic E-state index is -4.37. The van der Waals surface area contributed by atoms with Crippen LogP contribution in [0.4, 0.5) is 0 Å². The van der Waals surface area contributed by atoms with Crippen LogP contribution in [-0.2, 0) is 24.2 Å². The predicted molar refractivity (Wildman–Crippen MR) is 90.0 cm³/mol. The topological polar surface area (TPSA) is 87.4 Å². The van der Waals surface area contributed by atoms with Crippen molar-refractivity contribution in [2.24, 2.45) is 14.1 Å². The summed E-state index contributed by atoms with van der Waals surface area (Å²) >= 11 is 0. The van der Waals surface area contributed by atoms with Gasteiger partial charge in [-0.05, 0) is 30.0 Å². The van der Waals surface area contributed by atoms with E-state index in [9.17, 15) is 18.0 Å². The third-order valence-corrected chi connectivity index (χ3v) is 4.89. The summed E-state index contributed by atoms with van der Waals surface area (Å²) in [7, 11) is -1.79. The van der Waals surface area contributed by atoms with Gasteiger partial charge in [0.15, 0.2) is 4.90 Å². The maximum Gasteiger partial charge on any atom is 0.346 e. The van der Waals surface area contributed by atoms with Crippen molar-refractivity contribution >= 4 is 10.1 Å². The zero-order chi connectivity index (χ0) is 18.2. The second kappa shape index (κ2) is 6.27. The van der Waals surface area contributed by atoms with Gasteiger partial charge in [0.2, 0.25) is 0 Å². The number of hydrogen-bond donors (Lipinski definition) is 0. The molecule has 0 radical (unpaired) electrons. The number of nitrogens with zero attached hydrogens (tertiary/aromatic N) is 2. The molecule has 2 aromatic rings. The van der Waals surface area contributed by atoms with E-state index < -0.39 is 26.3 Å². The van der Waals surface area contributed by atoms with Crippen molar-refractivity contribution in [1.29, 1.82) is 0 Å². The van der Waals surface area contributed by atoms with Crippen molar-refractivity contribution in [3.63, 3.8) is 0 Å². The Morgan fingerprint density at radius 1 is 1.12 bits per heavy atom. The van der Waals surface area contributed by atoms with E-state index in [0.29, 0.717) is 5.56 Å². The first kappa shape index (κ1) is 18.0. The molecule has 0 fully saturated rings. The Labute approximate surface area is 140 Å². The molecule has 0 atom stereocenters. The number of benzene rings is 1. The number of hydrogen-bond acceptors (Lipinski definition) is 5. The van der Waals surface area contributed by atoms with Crippen molar-refractivity contribution in [3.05, 3.63) is 56.4 Å². The second-order valence-electron chi connectivity index (χ2n) is 5.98. The Morgan fingerprint density at radius 2 is 1.75 bits per heavy atom. The summed E-state index contributed by atoms with van der Waals surface area (Å²) in [5.74, 6) is 0.222. The fourth-order valence-corrected chi connectivity index (χ4v) is 3.41. The molecule has 1 aromatic heterocycles. The maximum absolute atomic E-state index is 12.6. The summed E-state index contributed by atoms with van der Waals surface area (Å²) in [6, 6.07) is 5.27. The zero-order valence-electron chi connectivity index (χ0n) is 14.2. The molecular weight excluding hydrogens is 332 g/mol. The number of aromatic nitrogens is 2. The summed E-state index contributed by atoms with van der Waals surface area (Å²) in [6.45, 7) is 5.64. The van der Waals surface area contributed by atoms with E-state index in [4.69, 9.17) is 4.18 Å². The molecule has 0 spiro atoms. The Kier molecular flexibility index (Phi) is 4.70. The zero-order valence-corrected chi connectivity index (χ0v) is 15.0. The van der Waals surface area contributed by atoms with E-state index >= 15 is 0 Å². The minimum Gasteiger partial charge on any atom is -0.378 e. The van der Waals surface area contributed by atoms with Gasteiger partial charge in [-0.25, -0.2) is 4.79 Å². The van der Waals surface area contributed by atoms with Gasteiger partial charge in [-0.3, -0.25) is 9.36 Å². The van der Waals surface area contributed by atoms with E-state index in [1.807, 2.05) is 26.8 Å². The summed E-state index contributed by atoms with van der Waals surface area (Å²) in [5.41, 5.74) is 0.0120. The minimum absolute atomic E-state index is 0.0405. The summed E-state index contributed by atoms with van der Waals surface area (Å²) in [5, 5.41) is 0. The van der Waals surface area contributed by atoms with Crippen LogP contribution in [0.3, 0.4) is 0 Å². The molecule has 0 N–H and O–H groups in total. The van der Waals surface area contributed by atoms with Gasteiger partial charge in [0, 0.05) is 20.3 Å². The summed E-state index contributed by atoms with van der Waals surface area (Å²) in [6.07, 6.45) is 0.977. The lowest BCUT2D eigenvalue weighted by Crippen LogP contribution is -2.39. The molecule has 8 heteroatoms. The van der Waals surface area contributed by atoms with E-state index in [1.54, 1.807) is 12.1 Å². The molecule has 24 heavy (non-hydrogen) atoms. The van der Waals surface area contributed by atoms with E-state index in [-0.39, 0.29) is 11.7 Å². The van der Waals surface area contributed by atoms with Crippen molar-refractivity contribution in [3.8, 4) is 5.75 Å². The van der Waals surface area contributed by atoms with Crippen LogP contribution in [0.25, 0.3) is 0 Å². The molecule has 0 saturated heterocycles. The SMILES string of the molecule is Cc1ccc(C(C)C)c(OS(=O)(=O)c2cn(C)c(=O)n(C)c2=O)c1. The van der Waals surface area contributed by atoms with Gasteiger partial charge in [0.05, 0.1) is 0 Å². The first-order valence-electron chi connectivity index (χ1n) is 7.36. The van der Waals surface area contributed by atoms with E-state index in [0.717, 1.165) is 20.9 Å². The Hall–Kier alpha value is -2.35. The molecule has 0 bridgehead atoms. The summed E-state index contributed by atoms with van der Waals surface area (Å²) < 4.78 is 32.1. The lowest BCUT2D eigenvalue weighted by molar-refractivity contribution is 0.475. The molecule has 1 heterocycles. The van der Waals surface area contributed by atoms with Crippen molar-refractivity contribution < 1.29 is 12.6 Å². The summed E-state index contributed by atoms with van der Waals surface area (Å²) in [4.78, 5) is 23.3. The molecule has 0 unspecified atom stereocenters. The lowest BCUT2D eigenvalue weighted by atomic mass is 10.0. The quantitative estimate of drug-likeness (QED) is 0.774. The van der Waals surface area contributed by atoms with Crippen LogP contribution < -0.4 is 15.4 Å². The maximum atomic E-state index is 12.6. The van der Waals surface area contributed by atoms with E-state index in [2.05, 4.69) is 0 Å². The monoisotopic (exact) mass is 352 g/mol. The molecule has 0 amide bonds. The van der Waals surface area contributed by atoms with Crippen LogP contribution in [0, 0.1) is 6.92 Å². The average molecular weight is 352 g/mol. The second-order valence-corrected chi connectivity index (χ2v) is 7.50. The lowest BCUT2D eigenvalue weighted by Gasteiger charge is -2.15. The molecule has 0 aliphatic heterocycles. The first-order valence-corrected chi connectivity index (χ1v) is 8.77. The highest BCUT2D eigenvalue weighted by atomic mass is 32.2. The average Bonchev–Trinajstić information content (AvgIpc) is 2.48. The van der Waals surface area contributed by atoms with Crippen LogP contribution in [0.15, 0.2) is 38.9 Å². The molecule has 7 nitrogen and oxygen atoms in total. The van der Waals surface area contributed by atoms with Crippen molar-refractivity contribution in [2.75, 3.05) is 0 Å². The normalized spacial score (nSPS) is 11.8. The Balaban J connectivity index is 2.61. The smallest absolute Gasteiger partial charge is 0.346 e. The highest BCUT2D eigenvalue weighted by Gasteiger charge is 2.25. The molecule has 130 valence electrons. The third-order valence-electron chi connectivity index (χ3n) is 3.67. The standard InChI is InChI=1S/C16H20N2O5S/c1-10(2)12-7-6-11(3)8-13(12)23-24(21,22)14-9-17(4)16(20)18(5)15(14)19/h6-10H,1-5H3. The molecule has 2 rings (SSSR count). The number of rotatable bonds is 4. The molecule has 0 aliphatic carbocycles. The van der Waals surface area contributed by atoms with Crippen LogP contribution in [0.1, 0.15) is 30.9 Å². The van der Waals surface area contributed by atoms with Gasteiger partial charge in [-0.1, -0.05) is 26.0 Å². The van der Waals surface area contributed by atoms with Gasteiger partial charge in [0.25, 0.3) is 5.56 Å². The Morgan fingerprint density at radius 3 is 2.33 bits per heavy atom. The van der Waals surface area contributed by atoms with Gasteiger partial charge < -0.3 is 8.75 Å². The van der Waals surface area contributed by atoms with E-state index in [1.165, 1.54) is 14.1 Å². The molecule has 1 aromatic carbocycles. The van der Waals surface area contributed by atoms with Crippen molar-refractivity contribution in [1.82, 2.24) is 9.13 Å². The highest BCUT2D eigenvalue weighted by molar-refractivity contribution is 7.87. The number of aryl methyl sites for hydroxylation is 2. The van der Waals surface area contributed by atoms with Gasteiger partial charge in [0.1, 0.15) is 5.75 Å². The van der Waals surface area contributed by atoms with Crippen LogP contribution in [-0.4, -0.2) is 17.6 Å². The first-order chi connectivity index (χ1) is 11.0. The fraction of sp³-hybridized carbons (Fsp3) is 0.375. The third kappa shape index (κ3) is 3.28.